The van der Waals surface area contributed by atoms with Crippen molar-refractivity contribution >= 4 is 7.12 Å². The van der Waals surface area contributed by atoms with Crippen LogP contribution >= 0.6 is 0 Å². The van der Waals surface area contributed by atoms with E-state index in [1.54, 1.807) is 0 Å². The predicted molar refractivity (Wildman–Crippen MR) is 64.0 cm³/mol. The largest absolute Gasteiger partial charge is 0.531 e. The fourth-order valence-corrected chi connectivity index (χ4v) is 2.16. The Labute approximate surface area is 98.3 Å². The Morgan fingerprint density at radius 1 is 1.31 bits per heavy atom. The molecule has 0 aromatic carbocycles. The van der Waals surface area contributed by atoms with Gasteiger partial charge in [0.15, 0.2) is 0 Å². The number of ether oxygens (including phenoxy) is 1. The third-order valence-electron chi connectivity index (χ3n) is 3.91. The van der Waals surface area contributed by atoms with Crippen molar-refractivity contribution in [3.05, 3.63) is 11.7 Å². The molecule has 1 saturated heterocycles. The molecular formula is C12H21BO3. The summed E-state index contributed by atoms with van der Waals surface area (Å²) >= 11 is 0. The Balaban J connectivity index is 2.14. The lowest BCUT2D eigenvalue weighted by Gasteiger charge is -2.35. The summed E-state index contributed by atoms with van der Waals surface area (Å²) in [5, 5.41) is 0. The zero-order valence-electron chi connectivity index (χ0n) is 10.7. The van der Waals surface area contributed by atoms with Gasteiger partial charge < -0.3 is 14.0 Å². The number of allylic oxidation sites excluding steroid dienone is 1. The highest BCUT2D eigenvalue weighted by Crippen LogP contribution is 2.41. The van der Waals surface area contributed by atoms with Crippen LogP contribution in [0.4, 0.5) is 0 Å². The molecule has 1 unspecified atom stereocenters. The molecule has 0 aromatic rings. The van der Waals surface area contributed by atoms with Crippen LogP contribution in [0.3, 0.4) is 0 Å². The molecule has 0 spiro atoms. The Hall–Kier alpha value is -0.475. The Bertz CT molecular complexity index is 301. The van der Waals surface area contributed by atoms with E-state index in [0.29, 0.717) is 0 Å². The Morgan fingerprint density at radius 2 is 2.06 bits per heavy atom. The Kier molecular flexibility index (Phi) is 3.06. The van der Waals surface area contributed by atoms with E-state index in [-0.39, 0.29) is 18.3 Å². The second-order valence-electron chi connectivity index (χ2n) is 5.26. The fourth-order valence-electron chi connectivity index (χ4n) is 2.16. The van der Waals surface area contributed by atoms with E-state index >= 15 is 0 Å². The van der Waals surface area contributed by atoms with Crippen LogP contribution in [0, 0.1) is 0 Å². The predicted octanol–water partition coefficient (Wildman–Crippen LogP) is 2.70. The normalized spacial score (nSPS) is 33.5. The highest BCUT2D eigenvalue weighted by Gasteiger charge is 2.55. The van der Waals surface area contributed by atoms with Crippen molar-refractivity contribution in [1.29, 1.82) is 0 Å². The molecule has 0 radical (unpaired) electrons. The van der Waals surface area contributed by atoms with E-state index in [9.17, 15) is 0 Å². The highest BCUT2D eigenvalue weighted by molar-refractivity contribution is 6.53. The van der Waals surface area contributed by atoms with Gasteiger partial charge in [-0.1, -0.05) is 6.92 Å². The second-order valence-corrected chi connectivity index (χ2v) is 5.26. The zero-order chi connectivity index (χ0) is 11.8. The maximum Gasteiger partial charge on any atom is 0.531 e. The topological polar surface area (TPSA) is 27.7 Å². The molecule has 0 amide bonds. The summed E-state index contributed by atoms with van der Waals surface area (Å²) < 4.78 is 17.6. The van der Waals surface area contributed by atoms with E-state index in [1.165, 1.54) is 0 Å². The first-order chi connectivity index (χ1) is 7.48. The van der Waals surface area contributed by atoms with Gasteiger partial charge in [-0.25, -0.2) is 0 Å². The zero-order valence-corrected chi connectivity index (χ0v) is 10.7. The minimum absolute atomic E-state index is 0.237. The van der Waals surface area contributed by atoms with Crippen LogP contribution in [0.15, 0.2) is 11.7 Å². The first-order valence-electron chi connectivity index (χ1n) is 6.17. The smallest absolute Gasteiger partial charge is 0.502 e. The van der Waals surface area contributed by atoms with Crippen LogP contribution in [0.2, 0.25) is 0 Å². The lowest BCUT2D eigenvalue weighted by Crippen LogP contribution is -2.44. The van der Waals surface area contributed by atoms with Gasteiger partial charge in [-0.2, -0.15) is 0 Å². The molecule has 0 aromatic heterocycles. The number of rotatable bonds is 2. The van der Waals surface area contributed by atoms with E-state index in [1.807, 2.05) is 0 Å². The summed E-state index contributed by atoms with van der Waals surface area (Å²) in [6, 6.07) is 0. The Morgan fingerprint density at radius 3 is 2.56 bits per heavy atom. The molecule has 0 bridgehead atoms. The van der Waals surface area contributed by atoms with Crippen LogP contribution in [-0.2, 0) is 14.0 Å². The van der Waals surface area contributed by atoms with Crippen molar-refractivity contribution in [3.63, 3.8) is 0 Å². The molecule has 2 rings (SSSR count). The second kappa shape index (κ2) is 4.08. The van der Waals surface area contributed by atoms with Gasteiger partial charge in [0.1, 0.15) is 5.66 Å². The minimum Gasteiger partial charge on any atom is -0.502 e. The SMILES string of the molecule is CCC1(C)OB(C2=CCCCO2)OC1(C)C. The van der Waals surface area contributed by atoms with Crippen LogP contribution in [0.25, 0.3) is 0 Å². The van der Waals surface area contributed by atoms with Gasteiger partial charge in [-0.15, -0.1) is 0 Å². The van der Waals surface area contributed by atoms with Crippen molar-refractivity contribution in [2.24, 2.45) is 0 Å². The molecule has 0 N–H and O–H groups in total. The summed E-state index contributed by atoms with van der Waals surface area (Å²) in [4.78, 5) is 0. The van der Waals surface area contributed by atoms with Gasteiger partial charge in [0.05, 0.1) is 17.8 Å². The summed E-state index contributed by atoms with van der Waals surface area (Å²) in [6.07, 6.45) is 5.17. The van der Waals surface area contributed by atoms with Crippen LogP contribution < -0.4 is 0 Å². The molecule has 1 fully saturated rings. The van der Waals surface area contributed by atoms with Crippen molar-refractivity contribution < 1.29 is 14.0 Å². The van der Waals surface area contributed by atoms with Crippen molar-refractivity contribution in [3.8, 4) is 0 Å². The molecule has 16 heavy (non-hydrogen) atoms. The molecule has 0 aliphatic carbocycles. The van der Waals surface area contributed by atoms with Gasteiger partial charge in [0.2, 0.25) is 0 Å². The molecular weight excluding hydrogens is 203 g/mol. The highest BCUT2D eigenvalue weighted by atomic mass is 16.7. The van der Waals surface area contributed by atoms with E-state index < -0.39 is 0 Å². The molecule has 0 saturated carbocycles. The molecule has 2 aliphatic rings. The third-order valence-corrected chi connectivity index (χ3v) is 3.91. The maximum atomic E-state index is 6.04. The fraction of sp³-hybridized carbons (Fsp3) is 0.833. The maximum absolute atomic E-state index is 6.04. The quantitative estimate of drug-likeness (QED) is 0.675. The van der Waals surface area contributed by atoms with E-state index in [4.69, 9.17) is 14.0 Å². The lowest BCUT2D eigenvalue weighted by atomic mass is 9.85. The summed E-state index contributed by atoms with van der Waals surface area (Å²) in [5.74, 6) is 0. The number of hydrogen-bond donors (Lipinski definition) is 0. The molecule has 2 aliphatic heterocycles. The average molecular weight is 224 g/mol. The van der Waals surface area contributed by atoms with Gasteiger partial charge in [0.25, 0.3) is 0 Å². The van der Waals surface area contributed by atoms with Gasteiger partial charge in [-0.3, -0.25) is 0 Å². The minimum atomic E-state index is -0.319. The molecule has 4 heteroatoms. The molecule has 3 nitrogen and oxygen atoms in total. The van der Waals surface area contributed by atoms with Gasteiger partial charge in [0, 0.05) is 0 Å². The summed E-state index contributed by atoms with van der Waals surface area (Å²) in [6.45, 7) is 9.18. The van der Waals surface area contributed by atoms with Crippen LogP contribution in [-0.4, -0.2) is 24.9 Å². The van der Waals surface area contributed by atoms with Crippen LogP contribution in [0.5, 0.6) is 0 Å². The molecule has 1 atom stereocenters. The van der Waals surface area contributed by atoms with Crippen molar-refractivity contribution in [2.45, 2.75) is 58.2 Å². The third kappa shape index (κ3) is 1.89. The first kappa shape index (κ1) is 12.0. The number of hydrogen-bond acceptors (Lipinski definition) is 3. The van der Waals surface area contributed by atoms with Gasteiger partial charge in [-0.05, 0) is 46.1 Å². The average Bonchev–Trinajstić information content (AvgIpc) is 2.52. The van der Waals surface area contributed by atoms with Gasteiger partial charge >= 0.3 is 7.12 Å². The lowest BCUT2D eigenvalue weighted by molar-refractivity contribution is -0.0119. The van der Waals surface area contributed by atoms with Crippen molar-refractivity contribution in [1.82, 2.24) is 0 Å². The molecule has 2 heterocycles. The van der Waals surface area contributed by atoms with E-state index in [2.05, 4.69) is 33.8 Å². The monoisotopic (exact) mass is 224 g/mol. The van der Waals surface area contributed by atoms with Crippen LogP contribution in [0.1, 0.15) is 47.0 Å². The summed E-state index contributed by atoms with van der Waals surface area (Å²) in [5.41, 5.74) is 0.351. The van der Waals surface area contributed by atoms with Crippen molar-refractivity contribution in [2.75, 3.05) is 6.61 Å². The summed E-state index contributed by atoms with van der Waals surface area (Å²) in [7, 11) is -0.319. The van der Waals surface area contributed by atoms with E-state index in [0.717, 1.165) is 31.5 Å². The molecule has 90 valence electrons. The standard InChI is InChI=1S/C12H21BO3/c1-5-12(4)11(2,3)15-13(16-12)10-8-6-7-9-14-10/h8H,5-7,9H2,1-4H3. The first-order valence-corrected chi connectivity index (χ1v) is 6.17.